The lowest BCUT2D eigenvalue weighted by Gasteiger charge is -2.09. The maximum atomic E-state index is 10.3. The van der Waals surface area contributed by atoms with E-state index in [1.165, 1.54) is 6.34 Å². The van der Waals surface area contributed by atoms with E-state index in [0.717, 1.165) is 31.7 Å². The lowest BCUT2D eigenvalue weighted by atomic mass is 10.1. The maximum Gasteiger partial charge on any atom is 0.305 e. The molecule has 260 valence electrons. The summed E-state index contributed by atoms with van der Waals surface area (Å²) in [6.45, 7) is 10.6. The summed E-state index contributed by atoms with van der Waals surface area (Å²) in [5, 5.41) is 41.8. The average molecular weight is 658 g/mol. The number of nitrogens with one attached hydrogen (secondary N) is 5. The summed E-state index contributed by atoms with van der Waals surface area (Å²) in [5.74, 6) is 1.64. The summed E-state index contributed by atoms with van der Waals surface area (Å²) in [6.07, 6.45) is 5.86. The number of benzene rings is 1. The molecule has 0 amide bonds. The van der Waals surface area contributed by atoms with Crippen molar-refractivity contribution < 1.29 is 20.1 Å². The quantitative estimate of drug-likeness (QED) is 0.0431. The summed E-state index contributed by atoms with van der Waals surface area (Å²) in [5.41, 5.74) is 11.8. The number of nitrogens with zero attached hydrogens (tertiary/aromatic N) is 6. The molecule has 0 fully saturated rings. The molecule has 0 saturated carbocycles. The second kappa shape index (κ2) is 26.0. The third-order valence-corrected chi connectivity index (χ3v) is 5.15. The van der Waals surface area contributed by atoms with Gasteiger partial charge in [0, 0.05) is 31.4 Å². The van der Waals surface area contributed by atoms with Crippen LogP contribution >= 0.6 is 0 Å². The first-order chi connectivity index (χ1) is 22.4. The number of carbonyl (C=O) groups is 1. The van der Waals surface area contributed by atoms with E-state index in [-0.39, 0.29) is 30.4 Å². The number of guanidine groups is 1. The van der Waals surface area contributed by atoms with Gasteiger partial charge in [-0.3, -0.25) is 14.8 Å². The summed E-state index contributed by atoms with van der Waals surface area (Å²) < 4.78 is 0. The van der Waals surface area contributed by atoms with Gasteiger partial charge in [-0.05, 0) is 52.1 Å². The first-order valence-electron chi connectivity index (χ1n) is 14.9. The molecule has 2 rings (SSSR count). The van der Waals surface area contributed by atoms with E-state index < -0.39 is 5.97 Å². The predicted molar refractivity (Wildman–Crippen MR) is 190 cm³/mol. The number of hydrogen-bond acceptors (Lipinski definition) is 13. The van der Waals surface area contributed by atoms with Gasteiger partial charge in [-0.25, -0.2) is 4.99 Å². The molecule has 0 atom stereocenters. The second-order valence-corrected chi connectivity index (χ2v) is 9.69. The monoisotopic (exact) mass is 657 g/mol. The van der Waals surface area contributed by atoms with Crippen LogP contribution < -0.4 is 38.1 Å². The number of rotatable bonds is 15. The highest BCUT2D eigenvalue weighted by Crippen LogP contribution is 2.18. The Bertz CT molecular complexity index is 1330. The SMILES string of the molecule is C/C=C(O)\C(N)=C/C(C)C.CNCCN=CNC(=NCCC(=O)O)/N=C\N.CNCCNc1nc(C)nc(Nc2cccc(O)c2)n1. The van der Waals surface area contributed by atoms with Gasteiger partial charge in [0.15, 0.2) is 0 Å². The van der Waals surface area contributed by atoms with Crippen molar-refractivity contribution in [3.8, 4) is 5.75 Å². The molecular weight excluding hydrogens is 606 g/mol. The summed E-state index contributed by atoms with van der Waals surface area (Å²) in [4.78, 5) is 34.6. The van der Waals surface area contributed by atoms with Crippen LogP contribution in [0.4, 0.5) is 17.6 Å². The predicted octanol–water partition coefficient (Wildman–Crippen LogP) is 1.85. The number of anilines is 3. The van der Waals surface area contributed by atoms with Crippen LogP contribution in [-0.2, 0) is 4.79 Å². The smallest absolute Gasteiger partial charge is 0.305 e. The highest BCUT2D eigenvalue weighted by Gasteiger charge is 2.04. The van der Waals surface area contributed by atoms with Crippen LogP contribution in [0.2, 0.25) is 0 Å². The Kier molecular flexibility index (Phi) is 23.1. The van der Waals surface area contributed by atoms with Crippen molar-refractivity contribution in [3.63, 3.8) is 0 Å². The number of carboxylic acids is 1. The van der Waals surface area contributed by atoms with Crippen molar-refractivity contribution >= 4 is 42.2 Å². The molecule has 12 N–H and O–H groups in total. The van der Waals surface area contributed by atoms with Crippen LogP contribution in [0.1, 0.15) is 33.0 Å². The number of aromatic hydroxyl groups is 1. The minimum Gasteiger partial charge on any atom is -0.508 e. The van der Waals surface area contributed by atoms with Gasteiger partial charge in [-0.2, -0.15) is 15.0 Å². The lowest BCUT2D eigenvalue weighted by Crippen LogP contribution is -2.22. The Morgan fingerprint density at radius 1 is 1.04 bits per heavy atom. The highest BCUT2D eigenvalue weighted by atomic mass is 16.4. The van der Waals surface area contributed by atoms with Crippen LogP contribution in [-0.4, -0.2) is 102 Å². The van der Waals surface area contributed by atoms with Crippen molar-refractivity contribution in [2.24, 2.45) is 32.4 Å². The van der Waals surface area contributed by atoms with Crippen LogP contribution in [0.3, 0.4) is 0 Å². The van der Waals surface area contributed by atoms with Gasteiger partial charge in [0.2, 0.25) is 17.9 Å². The Morgan fingerprint density at radius 3 is 2.34 bits per heavy atom. The highest BCUT2D eigenvalue weighted by molar-refractivity contribution is 5.94. The number of aliphatic hydroxyl groups is 1. The summed E-state index contributed by atoms with van der Waals surface area (Å²) >= 11 is 0. The Balaban J connectivity index is 0.000000715. The number of phenolic OH excluding ortho intramolecular Hbond substituents is 1. The molecule has 0 spiro atoms. The van der Waals surface area contributed by atoms with Crippen molar-refractivity contribution in [2.75, 3.05) is 57.5 Å². The zero-order chi connectivity index (χ0) is 35.5. The van der Waals surface area contributed by atoms with Crippen LogP contribution in [0, 0.1) is 12.8 Å². The molecule has 0 radical (unpaired) electrons. The number of aryl methyl sites for hydroxylation is 1. The molecule has 2 aromatic rings. The van der Waals surface area contributed by atoms with Crippen molar-refractivity contribution in [3.05, 3.63) is 53.7 Å². The van der Waals surface area contributed by atoms with Crippen LogP contribution in [0.5, 0.6) is 5.75 Å². The van der Waals surface area contributed by atoms with Crippen molar-refractivity contribution in [1.82, 2.24) is 30.9 Å². The topological polar surface area (TPSA) is 266 Å². The zero-order valence-electron chi connectivity index (χ0n) is 28.0. The number of likely N-dealkylation sites (N-methyl/N-ethyl adjacent to an activating group) is 2. The molecule has 0 bridgehead atoms. The molecular formula is C30H51N13O4. The summed E-state index contributed by atoms with van der Waals surface area (Å²) in [7, 11) is 3.72. The number of nitrogens with two attached hydrogens (primary N) is 2. The molecule has 0 aliphatic carbocycles. The number of aliphatic hydroxyl groups excluding tert-OH is 1. The number of phenols is 1. The van der Waals surface area contributed by atoms with Crippen molar-refractivity contribution in [1.29, 1.82) is 0 Å². The van der Waals surface area contributed by atoms with E-state index in [1.54, 1.807) is 38.1 Å². The van der Waals surface area contributed by atoms with Crippen LogP contribution in [0.25, 0.3) is 0 Å². The fourth-order valence-electron chi connectivity index (χ4n) is 3.04. The summed E-state index contributed by atoms with van der Waals surface area (Å²) in [6, 6.07) is 6.78. The van der Waals surface area contributed by atoms with E-state index in [9.17, 15) is 9.90 Å². The van der Waals surface area contributed by atoms with Gasteiger partial charge in [-0.15, -0.1) is 0 Å². The van der Waals surface area contributed by atoms with Gasteiger partial charge in [0.1, 0.15) is 17.3 Å². The van der Waals surface area contributed by atoms with Crippen molar-refractivity contribution in [2.45, 2.75) is 34.1 Å². The molecule has 17 nitrogen and oxygen atoms in total. The molecule has 1 heterocycles. The fraction of sp³-hybridized carbons (Fsp3) is 0.433. The largest absolute Gasteiger partial charge is 0.508 e. The number of allylic oxidation sites excluding steroid dienone is 2. The van der Waals surface area contributed by atoms with E-state index in [4.69, 9.17) is 21.7 Å². The molecule has 0 aliphatic rings. The first kappa shape index (κ1) is 41.7. The minimum atomic E-state index is -0.910. The molecule has 47 heavy (non-hydrogen) atoms. The third-order valence-electron chi connectivity index (χ3n) is 5.15. The van der Waals surface area contributed by atoms with Crippen LogP contribution in [0.15, 0.2) is 62.9 Å². The third kappa shape index (κ3) is 22.8. The number of hydrogen-bond donors (Lipinski definition) is 10. The van der Waals surface area contributed by atoms with E-state index in [2.05, 4.69) is 56.5 Å². The molecule has 0 saturated heterocycles. The fourth-order valence-corrected chi connectivity index (χ4v) is 3.04. The number of carboxylic acid groups (broad SMARTS) is 1. The average Bonchev–Trinajstić information content (AvgIpc) is 3.00. The Labute approximate surface area is 276 Å². The van der Waals surface area contributed by atoms with Gasteiger partial charge in [0.25, 0.3) is 0 Å². The normalized spacial score (nSPS) is 11.9. The Hall–Kier alpha value is -5.29. The molecule has 1 aromatic heterocycles. The second-order valence-electron chi connectivity index (χ2n) is 9.69. The molecule has 17 heteroatoms. The van der Waals surface area contributed by atoms with E-state index >= 15 is 0 Å². The van der Waals surface area contributed by atoms with Gasteiger partial charge < -0.3 is 53.4 Å². The minimum absolute atomic E-state index is 0.0534. The number of aromatic nitrogens is 3. The van der Waals surface area contributed by atoms with Gasteiger partial charge >= 0.3 is 5.97 Å². The maximum absolute atomic E-state index is 10.3. The molecule has 0 aliphatic heterocycles. The Morgan fingerprint density at radius 2 is 1.74 bits per heavy atom. The van der Waals surface area contributed by atoms with Gasteiger partial charge in [-0.1, -0.05) is 26.0 Å². The molecule has 0 unspecified atom stereocenters. The van der Waals surface area contributed by atoms with Gasteiger partial charge in [0.05, 0.1) is 37.9 Å². The first-order valence-corrected chi connectivity index (χ1v) is 14.9. The standard InChI is InChI=1S/C13H18N6O.C9H18N6O2.C8H15NO/c1-9-16-12(15-7-6-14-2)19-13(17-9)18-10-4-3-5-11(20)8-10;1-11-4-5-12-7-15-9(14-6-10)13-3-2-8(16)17;1-4-8(10)7(9)5-6(2)3/h3-5,8,14,20H,6-7H2,1-2H3,(H2,15,16,17,18,19);6-7,11H,2-5H2,1H3,(H,16,17)(H3,10,12,13,14,15);4-6,10H,9H2,1-3H3/b;;7-5+,8-4+. The number of aliphatic imine (C=N–C) groups is 3. The van der Waals surface area contributed by atoms with E-state index in [1.807, 2.05) is 40.1 Å². The van der Waals surface area contributed by atoms with E-state index in [0.29, 0.717) is 35.9 Å². The zero-order valence-corrected chi connectivity index (χ0v) is 28.0. The lowest BCUT2D eigenvalue weighted by molar-refractivity contribution is -0.136. The molecule has 1 aromatic carbocycles. The number of aliphatic carboxylic acids is 1.